The zero-order chi connectivity index (χ0) is 21.4. The first kappa shape index (κ1) is 21.1. The Hall–Kier alpha value is -2.15. The minimum atomic E-state index is -0.0421. The Bertz CT molecular complexity index is 1130. The van der Waals surface area contributed by atoms with Crippen LogP contribution in [0.25, 0.3) is 16.9 Å². The van der Waals surface area contributed by atoms with Crippen LogP contribution >= 0.6 is 15.9 Å². The van der Waals surface area contributed by atoms with Crippen LogP contribution < -0.4 is 10.6 Å². The molecule has 0 fully saturated rings. The van der Waals surface area contributed by atoms with Crippen LogP contribution in [0.15, 0.2) is 27.5 Å². The van der Waals surface area contributed by atoms with E-state index >= 15 is 0 Å². The number of imidazole rings is 1. The van der Waals surface area contributed by atoms with Crippen LogP contribution in [0.4, 0.5) is 5.82 Å². The fraction of sp³-hybridized carbons (Fsp3) is 0.522. The monoisotopic (exact) mass is 471 g/mol. The smallest absolute Gasteiger partial charge is 0.335 e. The van der Waals surface area contributed by atoms with Crippen molar-refractivity contribution in [1.29, 1.82) is 0 Å². The topological polar surface area (TPSA) is 56.0 Å². The van der Waals surface area contributed by atoms with Gasteiger partial charge < -0.3 is 4.90 Å². The summed E-state index contributed by atoms with van der Waals surface area (Å²) in [5, 5.41) is 0. The van der Waals surface area contributed by atoms with Gasteiger partial charge in [-0.05, 0) is 59.3 Å². The van der Waals surface area contributed by atoms with Crippen molar-refractivity contribution in [3.63, 3.8) is 0 Å². The largest absolute Gasteiger partial charge is 0.355 e. The highest BCUT2D eigenvalue weighted by molar-refractivity contribution is 9.10. The second-order valence-corrected chi connectivity index (χ2v) is 9.30. The molecule has 1 aliphatic heterocycles. The number of hydrogen-bond acceptors (Lipinski definition) is 4. The molecule has 0 saturated heterocycles. The highest BCUT2D eigenvalue weighted by Crippen LogP contribution is 2.31. The molecule has 6 nitrogen and oxygen atoms in total. The van der Waals surface area contributed by atoms with Crippen molar-refractivity contribution >= 4 is 32.9 Å². The van der Waals surface area contributed by atoms with E-state index in [0.717, 1.165) is 47.4 Å². The summed E-state index contributed by atoms with van der Waals surface area (Å²) in [7, 11) is 0. The predicted molar refractivity (Wildman–Crippen MR) is 126 cm³/mol. The number of rotatable bonds is 6. The number of benzene rings is 1. The first-order valence-electron chi connectivity index (χ1n) is 11.0. The van der Waals surface area contributed by atoms with E-state index in [1.807, 2.05) is 17.6 Å². The van der Waals surface area contributed by atoms with E-state index in [0.29, 0.717) is 23.9 Å². The summed E-state index contributed by atoms with van der Waals surface area (Å²) in [5.41, 5.74) is 3.58. The number of aryl methyl sites for hydroxylation is 2. The second kappa shape index (κ2) is 8.53. The summed E-state index contributed by atoms with van der Waals surface area (Å²) >= 11 is 3.70. The lowest BCUT2D eigenvalue weighted by molar-refractivity contribution is 0.612. The molecule has 0 spiro atoms. The minimum Gasteiger partial charge on any atom is -0.355 e. The normalized spacial score (nSPS) is 14.0. The highest BCUT2D eigenvalue weighted by Gasteiger charge is 2.26. The van der Waals surface area contributed by atoms with Crippen LogP contribution in [-0.2, 0) is 6.54 Å². The lowest BCUT2D eigenvalue weighted by Gasteiger charge is -2.22. The number of anilines is 1. The summed E-state index contributed by atoms with van der Waals surface area (Å²) in [4.78, 5) is 25.4. The van der Waals surface area contributed by atoms with Gasteiger partial charge in [0.2, 0.25) is 0 Å². The predicted octanol–water partition coefficient (Wildman–Crippen LogP) is 5.18. The lowest BCUT2D eigenvalue weighted by Crippen LogP contribution is -2.27. The van der Waals surface area contributed by atoms with Crippen LogP contribution in [0.2, 0.25) is 0 Å². The molecule has 0 saturated carbocycles. The molecule has 30 heavy (non-hydrogen) atoms. The van der Waals surface area contributed by atoms with Crippen LogP contribution in [0, 0.1) is 6.92 Å². The van der Waals surface area contributed by atoms with Crippen molar-refractivity contribution in [3.05, 3.63) is 44.5 Å². The molecule has 160 valence electrons. The maximum atomic E-state index is 13.5. The summed E-state index contributed by atoms with van der Waals surface area (Å²) in [6, 6.07) is 6.22. The van der Waals surface area contributed by atoms with Crippen LogP contribution in [-0.4, -0.2) is 32.2 Å². The van der Waals surface area contributed by atoms with Gasteiger partial charge in [0.15, 0.2) is 11.5 Å². The molecule has 2 aromatic heterocycles. The highest BCUT2D eigenvalue weighted by atomic mass is 79.9. The number of hydrogen-bond donors (Lipinski definition) is 0. The van der Waals surface area contributed by atoms with Crippen molar-refractivity contribution in [1.82, 2.24) is 19.1 Å². The first-order valence-corrected chi connectivity index (χ1v) is 11.8. The van der Waals surface area contributed by atoms with Crippen molar-refractivity contribution in [2.45, 2.75) is 65.8 Å². The molecule has 1 aliphatic rings. The Balaban J connectivity index is 1.92. The maximum absolute atomic E-state index is 13.5. The van der Waals surface area contributed by atoms with Gasteiger partial charge in [-0.2, -0.15) is 0 Å². The Kier molecular flexibility index (Phi) is 6.00. The van der Waals surface area contributed by atoms with E-state index in [1.54, 1.807) is 4.57 Å². The van der Waals surface area contributed by atoms with Crippen molar-refractivity contribution < 1.29 is 0 Å². The average molecular weight is 472 g/mol. The molecule has 0 radical (unpaired) electrons. The molecular formula is C23H30BrN5O. The van der Waals surface area contributed by atoms with Gasteiger partial charge in [-0.25, -0.2) is 19.3 Å². The van der Waals surface area contributed by atoms with E-state index in [9.17, 15) is 4.79 Å². The summed E-state index contributed by atoms with van der Waals surface area (Å²) in [5.74, 6) is 2.02. The van der Waals surface area contributed by atoms with Gasteiger partial charge in [0, 0.05) is 24.1 Å². The minimum absolute atomic E-state index is 0.0421. The molecule has 0 amide bonds. The molecule has 1 aromatic carbocycles. The molecule has 0 unspecified atom stereocenters. The molecule has 0 aliphatic carbocycles. The molecule has 0 N–H and O–H groups in total. The molecule has 0 bridgehead atoms. The number of unbranched alkanes of at least 4 members (excludes halogenated alkanes) is 2. The van der Waals surface area contributed by atoms with Crippen molar-refractivity contribution in [3.8, 4) is 5.69 Å². The average Bonchev–Trinajstić information content (AvgIpc) is 2.85. The number of nitrogens with zero attached hydrogens (tertiary/aromatic N) is 5. The number of aromatic nitrogens is 4. The Morgan fingerprint density at radius 2 is 1.97 bits per heavy atom. The van der Waals surface area contributed by atoms with Gasteiger partial charge >= 0.3 is 5.69 Å². The van der Waals surface area contributed by atoms with E-state index in [1.165, 1.54) is 18.4 Å². The van der Waals surface area contributed by atoms with E-state index in [2.05, 4.69) is 53.7 Å². The molecule has 4 rings (SSSR count). The third-order valence-corrected chi connectivity index (χ3v) is 6.52. The Morgan fingerprint density at radius 1 is 1.17 bits per heavy atom. The third-order valence-electron chi connectivity index (χ3n) is 5.88. The quantitative estimate of drug-likeness (QED) is 0.464. The van der Waals surface area contributed by atoms with E-state index in [-0.39, 0.29) is 5.69 Å². The van der Waals surface area contributed by atoms with Crippen LogP contribution in [0.3, 0.4) is 0 Å². The molecular weight excluding hydrogens is 442 g/mol. The van der Waals surface area contributed by atoms with Gasteiger partial charge in [-0.3, -0.25) is 4.57 Å². The molecule has 7 heteroatoms. The molecule has 3 aromatic rings. The Morgan fingerprint density at radius 3 is 2.67 bits per heavy atom. The van der Waals surface area contributed by atoms with Crippen LogP contribution in [0.1, 0.15) is 63.8 Å². The van der Waals surface area contributed by atoms with Gasteiger partial charge in [0.05, 0.1) is 5.69 Å². The van der Waals surface area contributed by atoms with Gasteiger partial charge in [0.25, 0.3) is 0 Å². The van der Waals surface area contributed by atoms with E-state index < -0.39 is 0 Å². The zero-order valence-electron chi connectivity index (χ0n) is 18.3. The summed E-state index contributed by atoms with van der Waals surface area (Å²) in [6.45, 7) is 11.0. The van der Waals surface area contributed by atoms with Gasteiger partial charge in [0.1, 0.15) is 11.3 Å². The lowest BCUT2D eigenvalue weighted by atomic mass is 10.0. The standard InChI is InChI=1S/C23H30BrN5O/c1-5-6-7-11-27-12-8-13-28-20-21(27)25-16(4)26-22(20)29(23(28)30)19-10-9-17(15(2)3)14-18(19)24/h9-10,14-15H,5-8,11-13H2,1-4H3. The molecule has 3 heterocycles. The fourth-order valence-electron chi connectivity index (χ4n) is 4.25. The maximum Gasteiger partial charge on any atom is 0.335 e. The zero-order valence-corrected chi connectivity index (χ0v) is 19.9. The SMILES string of the molecule is CCCCCN1CCCn2c(=O)n(-c3ccc(C(C)C)cc3Br)c3nc(C)nc1c32. The van der Waals surface area contributed by atoms with Gasteiger partial charge in [-0.1, -0.05) is 39.7 Å². The summed E-state index contributed by atoms with van der Waals surface area (Å²) in [6.07, 6.45) is 4.45. The first-order chi connectivity index (χ1) is 14.4. The van der Waals surface area contributed by atoms with Gasteiger partial charge in [-0.15, -0.1) is 0 Å². The van der Waals surface area contributed by atoms with Crippen LogP contribution in [0.5, 0.6) is 0 Å². The summed E-state index contributed by atoms with van der Waals surface area (Å²) < 4.78 is 4.52. The van der Waals surface area contributed by atoms with Crippen molar-refractivity contribution in [2.24, 2.45) is 0 Å². The second-order valence-electron chi connectivity index (χ2n) is 8.45. The number of halogens is 1. The third kappa shape index (κ3) is 3.68. The van der Waals surface area contributed by atoms with Crippen molar-refractivity contribution in [2.75, 3.05) is 18.0 Å². The Labute approximate surface area is 186 Å². The molecule has 0 atom stereocenters. The fourth-order valence-corrected chi connectivity index (χ4v) is 4.82. The van der Waals surface area contributed by atoms with E-state index in [4.69, 9.17) is 9.97 Å².